The molecule has 0 N–H and O–H groups in total. The first-order chi connectivity index (χ1) is 12.0. The van der Waals surface area contributed by atoms with E-state index < -0.39 is 0 Å². The van der Waals surface area contributed by atoms with Crippen LogP contribution in [-0.2, 0) is 16.0 Å². The Morgan fingerprint density at radius 1 is 1.36 bits per heavy atom. The van der Waals surface area contributed by atoms with Gasteiger partial charge in [0.2, 0.25) is 11.8 Å². The summed E-state index contributed by atoms with van der Waals surface area (Å²) < 4.78 is 0. The molecule has 2 atom stereocenters. The lowest BCUT2D eigenvalue weighted by atomic mass is 9.83. The number of piperidine rings is 2. The van der Waals surface area contributed by atoms with Crippen molar-refractivity contribution >= 4 is 11.8 Å². The molecule has 2 amide bonds. The van der Waals surface area contributed by atoms with Crippen LogP contribution in [0.15, 0.2) is 24.5 Å². The summed E-state index contributed by atoms with van der Waals surface area (Å²) in [5, 5.41) is 0. The van der Waals surface area contributed by atoms with E-state index in [1.54, 1.807) is 6.20 Å². The molecule has 0 spiro atoms. The molecule has 136 valence electrons. The SMILES string of the molecule is CC(C)CN1C(=O)CC[C@H]2CN(C(=O)CCc3cccnc3)CC[C@H]21. The minimum Gasteiger partial charge on any atom is -0.342 e. The molecule has 0 bridgehead atoms. The van der Waals surface area contributed by atoms with Crippen molar-refractivity contribution in [3.05, 3.63) is 30.1 Å². The van der Waals surface area contributed by atoms with E-state index >= 15 is 0 Å². The monoisotopic (exact) mass is 343 g/mol. The Labute approximate surface area is 150 Å². The Kier molecular flexibility index (Phi) is 5.71. The highest BCUT2D eigenvalue weighted by Gasteiger charge is 2.40. The van der Waals surface area contributed by atoms with Gasteiger partial charge in [0.05, 0.1) is 0 Å². The first kappa shape index (κ1) is 17.9. The van der Waals surface area contributed by atoms with Gasteiger partial charge in [0, 0.05) is 50.9 Å². The number of hydrogen-bond donors (Lipinski definition) is 0. The number of carbonyl (C=O) groups excluding carboxylic acids is 2. The fraction of sp³-hybridized carbons (Fsp3) is 0.650. The van der Waals surface area contributed by atoms with Crippen molar-refractivity contribution in [2.75, 3.05) is 19.6 Å². The van der Waals surface area contributed by atoms with Crippen molar-refractivity contribution in [2.24, 2.45) is 11.8 Å². The summed E-state index contributed by atoms with van der Waals surface area (Å²) in [4.78, 5) is 33.1. The van der Waals surface area contributed by atoms with E-state index in [-0.39, 0.29) is 5.91 Å². The first-order valence-corrected chi connectivity index (χ1v) is 9.50. The summed E-state index contributed by atoms with van der Waals surface area (Å²) in [6, 6.07) is 4.25. The third-order valence-corrected chi connectivity index (χ3v) is 5.41. The van der Waals surface area contributed by atoms with Crippen LogP contribution in [0.2, 0.25) is 0 Å². The quantitative estimate of drug-likeness (QED) is 0.825. The Morgan fingerprint density at radius 2 is 2.20 bits per heavy atom. The van der Waals surface area contributed by atoms with E-state index in [1.165, 1.54) is 0 Å². The fourth-order valence-corrected chi connectivity index (χ4v) is 4.16. The van der Waals surface area contributed by atoms with Gasteiger partial charge < -0.3 is 9.80 Å². The number of amides is 2. The normalized spacial score (nSPS) is 23.7. The first-order valence-electron chi connectivity index (χ1n) is 9.50. The topological polar surface area (TPSA) is 53.5 Å². The van der Waals surface area contributed by atoms with Crippen LogP contribution in [0.3, 0.4) is 0 Å². The van der Waals surface area contributed by atoms with Crippen molar-refractivity contribution in [1.82, 2.24) is 14.8 Å². The van der Waals surface area contributed by atoms with Gasteiger partial charge in [-0.05, 0) is 42.7 Å². The number of likely N-dealkylation sites (tertiary alicyclic amines) is 2. The lowest BCUT2D eigenvalue weighted by Crippen LogP contribution is -2.57. The van der Waals surface area contributed by atoms with E-state index in [4.69, 9.17) is 0 Å². The largest absolute Gasteiger partial charge is 0.342 e. The van der Waals surface area contributed by atoms with Crippen molar-refractivity contribution in [3.63, 3.8) is 0 Å². The van der Waals surface area contributed by atoms with Crippen LogP contribution in [-0.4, -0.2) is 52.3 Å². The number of aromatic nitrogens is 1. The van der Waals surface area contributed by atoms with Crippen LogP contribution in [0, 0.1) is 11.8 Å². The van der Waals surface area contributed by atoms with E-state index in [9.17, 15) is 9.59 Å². The molecule has 0 aromatic carbocycles. The third kappa shape index (κ3) is 4.39. The average Bonchev–Trinajstić information content (AvgIpc) is 2.62. The van der Waals surface area contributed by atoms with Crippen molar-refractivity contribution in [3.8, 4) is 0 Å². The molecule has 1 aromatic rings. The number of hydrogen-bond acceptors (Lipinski definition) is 3. The molecule has 5 nitrogen and oxygen atoms in total. The Balaban J connectivity index is 1.55. The summed E-state index contributed by atoms with van der Waals surface area (Å²) in [6.45, 7) is 6.74. The summed E-state index contributed by atoms with van der Waals surface area (Å²) >= 11 is 0. The number of fused-ring (bicyclic) bond motifs is 1. The second kappa shape index (κ2) is 7.98. The lowest BCUT2D eigenvalue weighted by Gasteiger charge is -2.47. The van der Waals surface area contributed by atoms with Crippen LogP contribution in [0.1, 0.15) is 45.1 Å². The molecule has 3 heterocycles. The molecule has 0 aliphatic carbocycles. The van der Waals surface area contributed by atoms with Crippen LogP contribution < -0.4 is 0 Å². The van der Waals surface area contributed by atoms with Gasteiger partial charge in [-0.1, -0.05) is 19.9 Å². The van der Waals surface area contributed by atoms with E-state index in [0.717, 1.165) is 44.5 Å². The van der Waals surface area contributed by atoms with Gasteiger partial charge in [-0.3, -0.25) is 14.6 Å². The van der Waals surface area contributed by atoms with Gasteiger partial charge in [-0.15, -0.1) is 0 Å². The predicted molar refractivity (Wildman–Crippen MR) is 96.8 cm³/mol. The third-order valence-electron chi connectivity index (χ3n) is 5.41. The van der Waals surface area contributed by atoms with Gasteiger partial charge in [0.15, 0.2) is 0 Å². The Morgan fingerprint density at radius 3 is 2.92 bits per heavy atom. The van der Waals surface area contributed by atoms with Crippen molar-refractivity contribution in [1.29, 1.82) is 0 Å². The van der Waals surface area contributed by atoms with Crippen molar-refractivity contribution < 1.29 is 9.59 Å². The lowest BCUT2D eigenvalue weighted by molar-refractivity contribution is -0.144. The zero-order valence-corrected chi connectivity index (χ0v) is 15.4. The van der Waals surface area contributed by atoms with Crippen LogP contribution in [0.4, 0.5) is 0 Å². The standard InChI is InChI=1S/C20H29N3O2/c1-15(2)13-23-18-9-11-22(14-17(18)6-8-20(23)25)19(24)7-5-16-4-3-10-21-12-16/h3-4,10,12,15,17-18H,5-9,11,13-14H2,1-2H3/t17-,18+/m0/s1. The molecule has 2 saturated heterocycles. The molecule has 2 aliphatic heterocycles. The minimum atomic E-state index is 0.231. The van der Waals surface area contributed by atoms with E-state index in [0.29, 0.717) is 36.6 Å². The zero-order valence-electron chi connectivity index (χ0n) is 15.4. The molecule has 3 rings (SSSR count). The number of nitrogens with zero attached hydrogens (tertiary/aromatic N) is 3. The number of carbonyl (C=O) groups is 2. The maximum Gasteiger partial charge on any atom is 0.222 e. The van der Waals surface area contributed by atoms with Gasteiger partial charge in [0.1, 0.15) is 0 Å². The second-order valence-corrected chi connectivity index (χ2v) is 7.80. The number of aryl methyl sites for hydroxylation is 1. The Bertz CT molecular complexity index is 602. The molecular formula is C20H29N3O2. The molecule has 0 unspecified atom stereocenters. The molecule has 2 fully saturated rings. The molecular weight excluding hydrogens is 314 g/mol. The van der Waals surface area contributed by atoms with Gasteiger partial charge >= 0.3 is 0 Å². The van der Waals surface area contributed by atoms with E-state index in [1.807, 2.05) is 23.2 Å². The highest BCUT2D eigenvalue weighted by atomic mass is 16.2. The summed E-state index contributed by atoms with van der Waals surface area (Å²) in [5.41, 5.74) is 1.11. The highest BCUT2D eigenvalue weighted by molar-refractivity contribution is 5.78. The number of pyridine rings is 1. The molecule has 25 heavy (non-hydrogen) atoms. The van der Waals surface area contributed by atoms with Crippen LogP contribution in [0.25, 0.3) is 0 Å². The smallest absolute Gasteiger partial charge is 0.222 e. The fourth-order valence-electron chi connectivity index (χ4n) is 4.16. The van der Waals surface area contributed by atoms with Gasteiger partial charge in [-0.25, -0.2) is 0 Å². The Hall–Kier alpha value is -1.91. The van der Waals surface area contributed by atoms with Crippen LogP contribution in [0.5, 0.6) is 0 Å². The van der Waals surface area contributed by atoms with Crippen LogP contribution >= 0.6 is 0 Å². The van der Waals surface area contributed by atoms with Gasteiger partial charge in [0.25, 0.3) is 0 Å². The maximum atomic E-state index is 12.6. The molecule has 0 radical (unpaired) electrons. The zero-order chi connectivity index (χ0) is 17.8. The van der Waals surface area contributed by atoms with Crippen molar-refractivity contribution in [2.45, 2.75) is 52.0 Å². The predicted octanol–water partition coefficient (Wildman–Crippen LogP) is 2.51. The molecule has 2 aliphatic rings. The molecule has 0 saturated carbocycles. The second-order valence-electron chi connectivity index (χ2n) is 7.80. The summed E-state index contributed by atoms with van der Waals surface area (Å²) in [7, 11) is 0. The minimum absolute atomic E-state index is 0.231. The highest BCUT2D eigenvalue weighted by Crippen LogP contribution is 2.32. The summed E-state index contributed by atoms with van der Waals surface area (Å²) in [5.74, 6) is 1.45. The molecule has 1 aromatic heterocycles. The molecule has 5 heteroatoms. The van der Waals surface area contributed by atoms with Gasteiger partial charge in [-0.2, -0.15) is 0 Å². The number of rotatable bonds is 5. The average molecular weight is 343 g/mol. The van der Waals surface area contributed by atoms with E-state index in [2.05, 4.69) is 23.7 Å². The summed E-state index contributed by atoms with van der Waals surface area (Å²) in [6.07, 6.45) is 7.34. The maximum absolute atomic E-state index is 12.6.